The molecule has 0 atom stereocenters. The van der Waals surface area contributed by atoms with Crippen LogP contribution in [0.2, 0.25) is 0 Å². The van der Waals surface area contributed by atoms with E-state index in [9.17, 15) is 9.18 Å². The first-order valence-electron chi connectivity index (χ1n) is 5.46. The fourth-order valence-corrected chi connectivity index (χ4v) is 1.70. The van der Waals surface area contributed by atoms with Crippen LogP contribution in [-0.4, -0.2) is 29.7 Å². The van der Waals surface area contributed by atoms with E-state index < -0.39 is 11.8 Å². The minimum Gasteiger partial charge on any atom is -0.490 e. The lowest BCUT2D eigenvalue weighted by Crippen LogP contribution is -2.00. The van der Waals surface area contributed by atoms with Gasteiger partial charge in [0.2, 0.25) is 0 Å². The van der Waals surface area contributed by atoms with Gasteiger partial charge in [-0.15, -0.1) is 0 Å². The van der Waals surface area contributed by atoms with Crippen LogP contribution >= 0.6 is 11.8 Å². The van der Waals surface area contributed by atoms with E-state index in [0.29, 0.717) is 12.2 Å². The topological polar surface area (TPSA) is 46.5 Å². The lowest BCUT2D eigenvalue weighted by molar-refractivity contribution is -0.131. The van der Waals surface area contributed by atoms with E-state index >= 15 is 0 Å². The SMILES string of the molecule is CSCCCOc1ccc(/C=C/C(=O)O)cc1F. The number of carboxylic acids is 1. The summed E-state index contributed by atoms with van der Waals surface area (Å²) in [4.78, 5) is 10.3. The zero-order valence-corrected chi connectivity index (χ0v) is 10.9. The average molecular weight is 270 g/mol. The second kappa shape index (κ2) is 7.76. The first-order valence-corrected chi connectivity index (χ1v) is 6.85. The lowest BCUT2D eigenvalue weighted by Gasteiger charge is -2.07. The van der Waals surface area contributed by atoms with Crippen LogP contribution in [-0.2, 0) is 4.79 Å². The van der Waals surface area contributed by atoms with E-state index in [1.54, 1.807) is 17.8 Å². The van der Waals surface area contributed by atoms with Crippen LogP contribution in [0.15, 0.2) is 24.3 Å². The highest BCUT2D eigenvalue weighted by molar-refractivity contribution is 7.98. The molecule has 1 aromatic rings. The first-order chi connectivity index (χ1) is 8.63. The van der Waals surface area contributed by atoms with Crippen LogP contribution in [0.1, 0.15) is 12.0 Å². The Morgan fingerprint density at radius 3 is 2.94 bits per heavy atom. The standard InChI is InChI=1S/C13H15FO3S/c1-18-8-2-7-17-12-5-3-10(9-11(12)14)4-6-13(15)16/h3-6,9H,2,7-8H2,1H3,(H,15,16)/b6-4+. The smallest absolute Gasteiger partial charge is 0.328 e. The zero-order valence-electron chi connectivity index (χ0n) is 10.1. The number of halogens is 1. The van der Waals surface area contributed by atoms with Crippen molar-refractivity contribution < 1.29 is 19.0 Å². The van der Waals surface area contributed by atoms with E-state index in [1.165, 1.54) is 18.2 Å². The van der Waals surface area contributed by atoms with Crippen molar-refractivity contribution in [3.05, 3.63) is 35.7 Å². The Morgan fingerprint density at radius 1 is 1.56 bits per heavy atom. The van der Waals surface area contributed by atoms with Crippen molar-refractivity contribution in [2.75, 3.05) is 18.6 Å². The predicted molar refractivity (Wildman–Crippen MR) is 71.6 cm³/mol. The number of benzene rings is 1. The van der Waals surface area contributed by atoms with E-state index in [2.05, 4.69) is 0 Å². The highest BCUT2D eigenvalue weighted by Crippen LogP contribution is 2.19. The van der Waals surface area contributed by atoms with Gasteiger partial charge in [-0.2, -0.15) is 11.8 Å². The van der Waals surface area contributed by atoms with E-state index in [0.717, 1.165) is 18.2 Å². The van der Waals surface area contributed by atoms with Crippen LogP contribution in [0.25, 0.3) is 6.08 Å². The van der Waals surface area contributed by atoms with Gasteiger partial charge in [0.05, 0.1) is 6.61 Å². The van der Waals surface area contributed by atoms with Gasteiger partial charge < -0.3 is 9.84 Å². The molecule has 0 aromatic heterocycles. The summed E-state index contributed by atoms with van der Waals surface area (Å²) in [7, 11) is 0. The molecule has 3 nitrogen and oxygen atoms in total. The average Bonchev–Trinajstić information content (AvgIpc) is 2.34. The highest BCUT2D eigenvalue weighted by Gasteiger charge is 2.03. The number of aliphatic carboxylic acids is 1. The Labute approximate surface area is 110 Å². The number of rotatable bonds is 7. The van der Waals surface area contributed by atoms with Gasteiger partial charge in [0.1, 0.15) is 0 Å². The molecule has 0 saturated heterocycles. The largest absolute Gasteiger partial charge is 0.490 e. The molecule has 1 rings (SSSR count). The normalized spacial score (nSPS) is 10.8. The van der Waals surface area contributed by atoms with Crippen molar-refractivity contribution in [3.8, 4) is 5.75 Å². The monoisotopic (exact) mass is 270 g/mol. The summed E-state index contributed by atoms with van der Waals surface area (Å²) >= 11 is 1.71. The summed E-state index contributed by atoms with van der Waals surface area (Å²) in [6.07, 6.45) is 5.17. The van der Waals surface area contributed by atoms with Crippen molar-refractivity contribution in [3.63, 3.8) is 0 Å². The van der Waals surface area contributed by atoms with Gasteiger partial charge in [-0.25, -0.2) is 9.18 Å². The third-order valence-corrected chi connectivity index (χ3v) is 2.82. The number of carboxylic acid groups (broad SMARTS) is 1. The maximum atomic E-state index is 13.6. The number of carbonyl (C=O) groups is 1. The molecule has 0 amide bonds. The second-order valence-corrected chi connectivity index (χ2v) is 4.54. The molecule has 0 aliphatic rings. The second-order valence-electron chi connectivity index (χ2n) is 3.56. The Hall–Kier alpha value is -1.49. The number of ether oxygens (including phenoxy) is 1. The van der Waals surface area contributed by atoms with E-state index in [1.807, 2.05) is 6.26 Å². The summed E-state index contributed by atoms with van der Waals surface area (Å²) < 4.78 is 18.9. The van der Waals surface area contributed by atoms with Crippen LogP contribution in [0.3, 0.4) is 0 Å². The minimum absolute atomic E-state index is 0.198. The molecule has 0 aliphatic heterocycles. The molecule has 0 radical (unpaired) electrons. The van der Waals surface area contributed by atoms with Crippen molar-refractivity contribution >= 4 is 23.8 Å². The summed E-state index contributed by atoms with van der Waals surface area (Å²) in [5, 5.41) is 8.46. The highest BCUT2D eigenvalue weighted by atomic mass is 32.2. The van der Waals surface area contributed by atoms with Crippen molar-refractivity contribution in [2.24, 2.45) is 0 Å². The molecule has 0 saturated carbocycles. The fraction of sp³-hybridized carbons (Fsp3) is 0.308. The molecule has 0 heterocycles. The Kier molecular flexibility index (Phi) is 6.28. The van der Waals surface area contributed by atoms with Crippen molar-refractivity contribution in [1.82, 2.24) is 0 Å². The quantitative estimate of drug-likeness (QED) is 0.611. The first kappa shape index (κ1) is 14.6. The molecule has 0 aliphatic carbocycles. The maximum absolute atomic E-state index is 13.6. The zero-order chi connectivity index (χ0) is 13.4. The third-order valence-electron chi connectivity index (χ3n) is 2.12. The molecule has 1 N–H and O–H groups in total. The maximum Gasteiger partial charge on any atom is 0.328 e. The summed E-state index contributed by atoms with van der Waals surface area (Å²) in [6, 6.07) is 4.38. The molecule has 98 valence electrons. The molecule has 18 heavy (non-hydrogen) atoms. The van der Waals surface area contributed by atoms with Gasteiger partial charge in [0.25, 0.3) is 0 Å². The molecule has 1 aromatic carbocycles. The van der Waals surface area contributed by atoms with Crippen LogP contribution in [0.5, 0.6) is 5.75 Å². The molecule has 0 spiro atoms. The minimum atomic E-state index is -1.06. The molecule has 0 bridgehead atoms. The number of hydrogen-bond donors (Lipinski definition) is 1. The molecular formula is C13H15FO3S. The molecular weight excluding hydrogens is 255 g/mol. The van der Waals surface area contributed by atoms with E-state index in [4.69, 9.17) is 9.84 Å². The van der Waals surface area contributed by atoms with Crippen molar-refractivity contribution in [2.45, 2.75) is 6.42 Å². The Balaban J connectivity index is 2.59. The predicted octanol–water partition coefficient (Wildman–Crippen LogP) is 3.06. The van der Waals surface area contributed by atoms with E-state index in [-0.39, 0.29) is 5.75 Å². The van der Waals surface area contributed by atoms with Gasteiger partial charge in [-0.3, -0.25) is 0 Å². The third kappa shape index (κ3) is 5.23. The van der Waals surface area contributed by atoms with Gasteiger partial charge in [0, 0.05) is 6.08 Å². The summed E-state index contributed by atoms with van der Waals surface area (Å²) in [6.45, 7) is 0.474. The van der Waals surface area contributed by atoms with Crippen LogP contribution in [0, 0.1) is 5.82 Å². The lowest BCUT2D eigenvalue weighted by atomic mass is 10.2. The number of thioether (sulfide) groups is 1. The molecule has 0 unspecified atom stereocenters. The van der Waals surface area contributed by atoms with Gasteiger partial charge in [0.15, 0.2) is 11.6 Å². The van der Waals surface area contributed by atoms with Gasteiger partial charge >= 0.3 is 5.97 Å². The van der Waals surface area contributed by atoms with Crippen molar-refractivity contribution in [1.29, 1.82) is 0 Å². The summed E-state index contributed by atoms with van der Waals surface area (Å²) in [5.41, 5.74) is 0.492. The molecule has 5 heteroatoms. The Bertz CT molecular complexity index is 432. The molecule has 0 fully saturated rings. The Morgan fingerprint density at radius 2 is 2.33 bits per heavy atom. The summed E-state index contributed by atoms with van der Waals surface area (Å²) in [5.74, 6) is -0.371. The van der Waals surface area contributed by atoms with Gasteiger partial charge in [-0.05, 0) is 42.2 Å². The fourth-order valence-electron chi connectivity index (χ4n) is 1.29. The van der Waals surface area contributed by atoms with Crippen LogP contribution < -0.4 is 4.74 Å². The number of hydrogen-bond acceptors (Lipinski definition) is 3. The van der Waals surface area contributed by atoms with Gasteiger partial charge in [-0.1, -0.05) is 6.07 Å². The van der Waals surface area contributed by atoms with Crippen LogP contribution in [0.4, 0.5) is 4.39 Å².